The van der Waals surface area contributed by atoms with Crippen LogP contribution >= 0.6 is 0 Å². The summed E-state index contributed by atoms with van der Waals surface area (Å²) in [4.78, 5) is 25.8. The fourth-order valence-corrected chi connectivity index (χ4v) is 3.07. The van der Waals surface area contributed by atoms with Gasteiger partial charge < -0.3 is 20.1 Å². The quantitative estimate of drug-likeness (QED) is 0.549. The maximum atomic E-state index is 13.0. The summed E-state index contributed by atoms with van der Waals surface area (Å²) in [6.07, 6.45) is 0.367. The van der Waals surface area contributed by atoms with Crippen molar-refractivity contribution < 1.29 is 19.1 Å². The van der Waals surface area contributed by atoms with Crippen molar-refractivity contribution in [2.24, 2.45) is 0 Å². The molecule has 2 N–H and O–H groups in total. The van der Waals surface area contributed by atoms with Crippen LogP contribution in [0.3, 0.4) is 0 Å². The Morgan fingerprint density at radius 3 is 2.13 bits per heavy atom. The number of nitrogens with one attached hydrogen (secondary N) is 2. The summed E-state index contributed by atoms with van der Waals surface area (Å²) in [7, 11) is 1.57. The molecule has 1 atom stereocenters. The van der Waals surface area contributed by atoms with Crippen LogP contribution in [0.25, 0.3) is 0 Å². The third kappa shape index (κ3) is 6.34. The van der Waals surface area contributed by atoms with Gasteiger partial charge >= 0.3 is 0 Å². The second-order valence-corrected chi connectivity index (χ2v) is 6.89. The SMILES string of the molecule is CCOc1ccc(NC(=O)[C@@H](Cc2ccccc2)NC(=O)c2ccc(OC)cc2)cc1. The Hall–Kier alpha value is -3.80. The zero-order valence-electron chi connectivity index (χ0n) is 17.6. The Balaban J connectivity index is 1.74. The summed E-state index contributed by atoms with van der Waals surface area (Å²) >= 11 is 0. The Kier molecular flexibility index (Phi) is 7.65. The van der Waals surface area contributed by atoms with Crippen LogP contribution in [0, 0.1) is 0 Å². The molecular weight excluding hydrogens is 392 g/mol. The molecule has 0 bridgehead atoms. The molecule has 0 aliphatic rings. The number of ether oxygens (including phenoxy) is 2. The highest BCUT2D eigenvalue weighted by atomic mass is 16.5. The molecular formula is C25H26N2O4. The molecule has 0 aliphatic carbocycles. The lowest BCUT2D eigenvalue weighted by atomic mass is 10.0. The van der Waals surface area contributed by atoms with Gasteiger partial charge in [0.05, 0.1) is 13.7 Å². The van der Waals surface area contributed by atoms with Crippen molar-refractivity contribution in [3.8, 4) is 11.5 Å². The molecule has 0 fully saturated rings. The van der Waals surface area contributed by atoms with Crippen LogP contribution in [0.5, 0.6) is 11.5 Å². The van der Waals surface area contributed by atoms with E-state index in [1.54, 1.807) is 55.6 Å². The Bertz CT molecular complexity index is 986. The number of hydrogen-bond donors (Lipinski definition) is 2. The molecule has 0 radical (unpaired) electrons. The van der Waals surface area contributed by atoms with E-state index in [4.69, 9.17) is 9.47 Å². The predicted molar refractivity (Wildman–Crippen MR) is 121 cm³/mol. The molecule has 3 rings (SSSR count). The largest absolute Gasteiger partial charge is 0.497 e. The van der Waals surface area contributed by atoms with E-state index in [0.717, 1.165) is 11.3 Å². The molecule has 0 aromatic heterocycles. The van der Waals surface area contributed by atoms with E-state index >= 15 is 0 Å². The van der Waals surface area contributed by atoms with E-state index in [-0.39, 0.29) is 11.8 Å². The van der Waals surface area contributed by atoms with Crippen LogP contribution in [-0.2, 0) is 11.2 Å². The zero-order valence-corrected chi connectivity index (χ0v) is 17.6. The number of amides is 2. The molecule has 3 aromatic rings. The summed E-state index contributed by atoms with van der Waals surface area (Å²) < 4.78 is 10.6. The van der Waals surface area contributed by atoms with Crippen LogP contribution in [0.4, 0.5) is 5.69 Å². The molecule has 6 nitrogen and oxygen atoms in total. The molecule has 160 valence electrons. The summed E-state index contributed by atoms with van der Waals surface area (Å²) in [5.74, 6) is 0.764. The van der Waals surface area contributed by atoms with Gasteiger partial charge in [0, 0.05) is 17.7 Å². The first-order chi connectivity index (χ1) is 15.1. The third-order valence-electron chi connectivity index (χ3n) is 4.69. The van der Waals surface area contributed by atoms with Crippen LogP contribution in [0.15, 0.2) is 78.9 Å². The highest BCUT2D eigenvalue weighted by molar-refractivity contribution is 6.01. The molecule has 0 aliphatic heterocycles. The van der Waals surface area contributed by atoms with Crippen molar-refractivity contribution >= 4 is 17.5 Å². The molecule has 6 heteroatoms. The topological polar surface area (TPSA) is 76.7 Å². The molecule has 0 spiro atoms. The number of carbonyl (C=O) groups excluding carboxylic acids is 2. The van der Waals surface area contributed by atoms with Crippen molar-refractivity contribution in [2.45, 2.75) is 19.4 Å². The first-order valence-corrected chi connectivity index (χ1v) is 10.1. The minimum absolute atomic E-state index is 0.296. The van der Waals surface area contributed by atoms with Gasteiger partial charge in [0.1, 0.15) is 17.5 Å². The van der Waals surface area contributed by atoms with E-state index in [1.807, 2.05) is 37.3 Å². The van der Waals surface area contributed by atoms with Crippen molar-refractivity contribution in [1.29, 1.82) is 0 Å². The summed E-state index contributed by atoms with van der Waals surface area (Å²) in [5.41, 5.74) is 2.03. The van der Waals surface area contributed by atoms with Gasteiger partial charge in [-0.3, -0.25) is 9.59 Å². The zero-order chi connectivity index (χ0) is 22.1. The first-order valence-electron chi connectivity index (χ1n) is 10.1. The summed E-state index contributed by atoms with van der Waals surface area (Å²) in [6.45, 7) is 2.48. The maximum Gasteiger partial charge on any atom is 0.251 e. The van der Waals surface area contributed by atoms with Gasteiger partial charge in [0.25, 0.3) is 5.91 Å². The third-order valence-corrected chi connectivity index (χ3v) is 4.69. The van der Waals surface area contributed by atoms with E-state index in [9.17, 15) is 9.59 Å². The normalized spacial score (nSPS) is 11.3. The summed E-state index contributed by atoms with van der Waals surface area (Å²) in [6, 6.07) is 22.7. The van der Waals surface area contributed by atoms with E-state index in [0.29, 0.717) is 30.0 Å². The van der Waals surface area contributed by atoms with Crippen LogP contribution in [0.1, 0.15) is 22.8 Å². The van der Waals surface area contributed by atoms with Gasteiger partial charge in [0.15, 0.2) is 0 Å². The molecule has 0 saturated heterocycles. The van der Waals surface area contributed by atoms with E-state index in [1.165, 1.54) is 0 Å². The molecule has 0 unspecified atom stereocenters. The van der Waals surface area contributed by atoms with Crippen LogP contribution < -0.4 is 20.1 Å². The predicted octanol–water partition coefficient (Wildman–Crippen LogP) is 4.07. The number of methoxy groups -OCH3 is 1. The molecule has 31 heavy (non-hydrogen) atoms. The Morgan fingerprint density at radius 1 is 0.871 bits per heavy atom. The van der Waals surface area contributed by atoms with Crippen LogP contribution in [-0.4, -0.2) is 31.6 Å². The van der Waals surface area contributed by atoms with E-state index in [2.05, 4.69) is 10.6 Å². The van der Waals surface area contributed by atoms with Gasteiger partial charge in [-0.15, -0.1) is 0 Å². The summed E-state index contributed by atoms with van der Waals surface area (Å²) in [5, 5.41) is 5.73. The van der Waals surface area contributed by atoms with Gasteiger partial charge in [-0.2, -0.15) is 0 Å². The second kappa shape index (κ2) is 10.8. The lowest BCUT2D eigenvalue weighted by Gasteiger charge is -2.19. The van der Waals surface area contributed by atoms with Gasteiger partial charge in [-0.05, 0) is 61.0 Å². The fourth-order valence-electron chi connectivity index (χ4n) is 3.07. The number of benzene rings is 3. The number of anilines is 1. The van der Waals surface area contributed by atoms with Crippen molar-refractivity contribution in [1.82, 2.24) is 5.32 Å². The average molecular weight is 418 g/mol. The molecule has 3 aromatic carbocycles. The minimum atomic E-state index is -0.747. The van der Waals surface area contributed by atoms with Crippen molar-refractivity contribution in [3.63, 3.8) is 0 Å². The van der Waals surface area contributed by atoms with Gasteiger partial charge in [0.2, 0.25) is 5.91 Å². The highest BCUT2D eigenvalue weighted by Gasteiger charge is 2.22. The lowest BCUT2D eigenvalue weighted by molar-refractivity contribution is -0.118. The molecule has 2 amide bonds. The Labute approximate surface area is 182 Å². The second-order valence-electron chi connectivity index (χ2n) is 6.89. The fraction of sp³-hybridized carbons (Fsp3) is 0.200. The van der Waals surface area contributed by atoms with Crippen LogP contribution in [0.2, 0.25) is 0 Å². The van der Waals surface area contributed by atoms with E-state index < -0.39 is 6.04 Å². The van der Waals surface area contributed by atoms with Gasteiger partial charge in [-0.1, -0.05) is 30.3 Å². The lowest BCUT2D eigenvalue weighted by Crippen LogP contribution is -2.45. The minimum Gasteiger partial charge on any atom is -0.497 e. The number of carbonyl (C=O) groups is 2. The van der Waals surface area contributed by atoms with Crippen molar-refractivity contribution in [3.05, 3.63) is 90.0 Å². The highest BCUT2D eigenvalue weighted by Crippen LogP contribution is 2.17. The standard InChI is InChI=1S/C25H26N2O4/c1-3-31-22-15-11-20(12-16-22)26-25(29)23(17-18-7-5-4-6-8-18)27-24(28)19-9-13-21(30-2)14-10-19/h4-16,23H,3,17H2,1-2H3,(H,26,29)(H,27,28)/t23-/m1/s1. The van der Waals surface area contributed by atoms with Crippen molar-refractivity contribution in [2.75, 3.05) is 19.0 Å². The number of rotatable bonds is 9. The van der Waals surface area contributed by atoms with Gasteiger partial charge in [-0.25, -0.2) is 0 Å². The molecule has 0 saturated carbocycles. The first kappa shape index (κ1) is 21.9. The average Bonchev–Trinajstić information content (AvgIpc) is 2.80. The monoisotopic (exact) mass is 418 g/mol. The number of hydrogen-bond acceptors (Lipinski definition) is 4. The molecule has 0 heterocycles. The smallest absolute Gasteiger partial charge is 0.251 e. The Morgan fingerprint density at radius 2 is 1.52 bits per heavy atom. The maximum absolute atomic E-state index is 13.0.